The molecule has 0 fully saturated rings. The van der Waals surface area contributed by atoms with E-state index in [1.165, 1.54) is 7.11 Å². The molecule has 0 saturated carbocycles. The summed E-state index contributed by atoms with van der Waals surface area (Å²) in [5.41, 5.74) is 0.149. The molecule has 1 heterocycles. The largest absolute Gasteiger partial charge is 0.496 e. The second-order valence-electron chi connectivity index (χ2n) is 3.35. The number of aromatic nitrogens is 1. The second kappa shape index (κ2) is 4.44. The normalized spacial score (nSPS) is 10.4. The van der Waals surface area contributed by atoms with E-state index in [4.69, 9.17) is 9.84 Å². The standard InChI is InChI=1S/C11H7F2NO4/c1-17-9-3-7(13)6(12)2-5(9)8-4-10(11(15)16)18-14-8/h2-4H,1H3,(H,15,16). The molecule has 0 atom stereocenters. The van der Waals surface area contributed by atoms with Crippen LogP contribution in [0.1, 0.15) is 10.6 Å². The fourth-order valence-corrected chi connectivity index (χ4v) is 1.40. The van der Waals surface area contributed by atoms with Gasteiger partial charge in [-0.15, -0.1) is 0 Å². The Kier molecular flexibility index (Phi) is 2.97. The number of aromatic carboxylic acids is 1. The van der Waals surface area contributed by atoms with Gasteiger partial charge in [0, 0.05) is 17.7 Å². The Labute approximate surface area is 99.6 Å². The van der Waals surface area contributed by atoms with Crippen molar-refractivity contribution in [1.82, 2.24) is 5.16 Å². The van der Waals surface area contributed by atoms with E-state index in [-0.39, 0.29) is 17.0 Å². The summed E-state index contributed by atoms with van der Waals surface area (Å²) >= 11 is 0. The number of carboxylic acids is 1. The van der Waals surface area contributed by atoms with Gasteiger partial charge in [0.2, 0.25) is 5.76 Å². The molecule has 0 bridgehead atoms. The molecule has 0 unspecified atom stereocenters. The first kappa shape index (κ1) is 12.0. The summed E-state index contributed by atoms with van der Waals surface area (Å²) in [6.07, 6.45) is 0. The molecular weight excluding hydrogens is 248 g/mol. The van der Waals surface area contributed by atoms with Crippen LogP contribution >= 0.6 is 0 Å². The molecule has 0 aliphatic heterocycles. The SMILES string of the molecule is COc1cc(F)c(F)cc1-c1cc(C(=O)O)on1. The third-order valence-electron chi connectivity index (χ3n) is 2.24. The second-order valence-corrected chi connectivity index (χ2v) is 3.35. The quantitative estimate of drug-likeness (QED) is 0.911. The van der Waals surface area contributed by atoms with Gasteiger partial charge in [-0.25, -0.2) is 13.6 Å². The molecule has 1 aromatic carbocycles. The Hall–Kier alpha value is -2.44. The first-order valence-corrected chi connectivity index (χ1v) is 4.76. The molecule has 7 heteroatoms. The number of nitrogens with zero attached hydrogens (tertiary/aromatic N) is 1. The van der Waals surface area contributed by atoms with Gasteiger partial charge >= 0.3 is 5.97 Å². The van der Waals surface area contributed by atoms with E-state index in [0.29, 0.717) is 0 Å². The van der Waals surface area contributed by atoms with Crippen molar-refractivity contribution < 1.29 is 27.9 Å². The molecule has 2 aromatic rings. The molecule has 0 radical (unpaired) electrons. The maximum Gasteiger partial charge on any atom is 0.374 e. The highest BCUT2D eigenvalue weighted by Gasteiger charge is 2.18. The average Bonchev–Trinajstić information content (AvgIpc) is 2.81. The van der Waals surface area contributed by atoms with Crippen molar-refractivity contribution >= 4 is 5.97 Å². The topological polar surface area (TPSA) is 72.6 Å². The summed E-state index contributed by atoms with van der Waals surface area (Å²) in [6, 6.07) is 2.80. The summed E-state index contributed by atoms with van der Waals surface area (Å²) in [5.74, 6) is -3.85. The first-order chi connectivity index (χ1) is 8.52. The van der Waals surface area contributed by atoms with E-state index in [9.17, 15) is 13.6 Å². The van der Waals surface area contributed by atoms with Gasteiger partial charge in [-0.1, -0.05) is 5.16 Å². The zero-order valence-electron chi connectivity index (χ0n) is 9.11. The minimum Gasteiger partial charge on any atom is -0.496 e. The van der Waals surface area contributed by atoms with Gasteiger partial charge in [0.05, 0.1) is 7.11 Å². The van der Waals surface area contributed by atoms with Crippen LogP contribution in [0.15, 0.2) is 22.7 Å². The summed E-state index contributed by atoms with van der Waals surface area (Å²) in [5, 5.41) is 12.1. The maximum atomic E-state index is 13.1. The van der Waals surface area contributed by atoms with Crippen molar-refractivity contribution in [2.45, 2.75) is 0 Å². The number of ether oxygens (including phenoxy) is 1. The van der Waals surface area contributed by atoms with E-state index in [0.717, 1.165) is 18.2 Å². The molecule has 18 heavy (non-hydrogen) atoms. The fourth-order valence-electron chi connectivity index (χ4n) is 1.40. The summed E-state index contributed by atoms with van der Waals surface area (Å²) in [6.45, 7) is 0. The predicted molar refractivity (Wildman–Crippen MR) is 55.4 cm³/mol. The lowest BCUT2D eigenvalue weighted by Crippen LogP contribution is -1.93. The zero-order chi connectivity index (χ0) is 13.3. The fraction of sp³-hybridized carbons (Fsp3) is 0.0909. The third-order valence-corrected chi connectivity index (χ3v) is 2.24. The van der Waals surface area contributed by atoms with E-state index in [1.807, 2.05) is 0 Å². The molecule has 0 aliphatic rings. The number of rotatable bonds is 3. The average molecular weight is 255 g/mol. The number of carboxylic acid groups (broad SMARTS) is 1. The monoisotopic (exact) mass is 255 g/mol. The molecule has 0 spiro atoms. The Morgan fingerprint density at radius 3 is 2.56 bits per heavy atom. The minimum atomic E-state index is -1.31. The van der Waals surface area contributed by atoms with Gasteiger partial charge in [-0.05, 0) is 6.07 Å². The lowest BCUT2D eigenvalue weighted by Gasteiger charge is -2.06. The predicted octanol–water partition coefficient (Wildman–Crippen LogP) is 2.33. The van der Waals surface area contributed by atoms with Crippen LogP contribution in [0.2, 0.25) is 0 Å². The number of carbonyl (C=O) groups is 1. The molecule has 0 saturated heterocycles. The molecule has 0 aliphatic carbocycles. The Balaban J connectivity index is 2.55. The molecular formula is C11H7F2NO4. The lowest BCUT2D eigenvalue weighted by atomic mass is 10.1. The van der Waals surface area contributed by atoms with Crippen LogP contribution in [-0.4, -0.2) is 23.3 Å². The smallest absolute Gasteiger partial charge is 0.374 e. The van der Waals surface area contributed by atoms with Crippen molar-refractivity contribution in [2.75, 3.05) is 7.11 Å². The van der Waals surface area contributed by atoms with Crippen LogP contribution in [0.3, 0.4) is 0 Å². The van der Waals surface area contributed by atoms with Crippen LogP contribution in [-0.2, 0) is 0 Å². The van der Waals surface area contributed by atoms with Crippen LogP contribution in [0, 0.1) is 11.6 Å². The molecule has 1 aromatic heterocycles. The van der Waals surface area contributed by atoms with Crippen molar-refractivity contribution in [3.05, 3.63) is 35.6 Å². The van der Waals surface area contributed by atoms with Crippen LogP contribution in [0.25, 0.3) is 11.3 Å². The Morgan fingerprint density at radius 1 is 1.33 bits per heavy atom. The molecule has 0 amide bonds. The van der Waals surface area contributed by atoms with Gasteiger partial charge in [0.25, 0.3) is 0 Å². The number of methoxy groups -OCH3 is 1. The van der Waals surface area contributed by atoms with Crippen molar-refractivity contribution in [3.63, 3.8) is 0 Å². The highest BCUT2D eigenvalue weighted by Crippen LogP contribution is 2.31. The van der Waals surface area contributed by atoms with Crippen LogP contribution in [0.4, 0.5) is 8.78 Å². The summed E-state index contributed by atoms with van der Waals surface area (Å²) in [4.78, 5) is 10.6. The van der Waals surface area contributed by atoms with E-state index < -0.39 is 23.4 Å². The molecule has 2 rings (SSSR count). The molecule has 94 valence electrons. The molecule has 1 N–H and O–H groups in total. The molecule has 5 nitrogen and oxygen atoms in total. The van der Waals surface area contributed by atoms with Crippen LogP contribution < -0.4 is 4.74 Å². The number of hydrogen-bond donors (Lipinski definition) is 1. The Morgan fingerprint density at radius 2 is 2.00 bits per heavy atom. The minimum absolute atomic E-state index is 0.0270. The van der Waals surface area contributed by atoms with Crippen molar-refractivity contribution in [1.29, 1.82) is 0 Å². The number of halogens is 2. The van der Waals surface area contributed by atoms with Crippen LogP contribution in [0.5, 0.6) is 5.75 Å². The summed E-state index contributed by atoms with van der Waals surface area (Å²) in [7, 11) is 1.27. The van der Waals surface area contributed by atoms with Gasteiger partial charge in [-0.3, -0.25) is 0 Å². The third kappa shape index (κ3) is 2.02. The highest BCUT2D eigenvalue weighted by atomic mass is 19.2. The Bertz CT molecular complexity index is 609. The van der Waals surface area contributed by atoms with Gasteiger partial charge < -0.3 is 14.4 Å². The number of hydrogen-bond acceptors (Lipinski definition) is 4. The van der Waals surface area contributed by atoms with E-state index in [2.05, 4.69) is 9.68 Å². The van der Waals surface area contributed by atoms with E-state index >= 15 is 0 Å². The zero-order valence-corrected chi connectivity index (χ0v) is 9.11. The van der Waals surface area contributed by atoms with Gasteiger partial charge in [0.1, 0.15) is 11.4 Å². The highest BCUT2D eigenvalue weighted by molar-refractivity contribution is 5.86. The van der Waals surface area contributed by atoms with Gasteiger partial charge in [-0.2, -0.15) is 0 Å². The van der Waals surface area contributed by atoms with Crippen molar-refractivity contribution in [2.24, 2.45) is 0 Å². The summed E-state index contributed by atoms with van der Waals surface area (Å²) < 4.78 is 35.5. The maximum absolute atomic E-state index is 13.1. The first-order valence-electron chi connectivity index (χ1n) is 4.76. The number of benzene rings is 1. The van der Waals surface area contributed by atoms with Gasteiger partial charge in [0.15, 0.2) is 11.6 Å². The van der Waals surface area contributed by atoms with E-state index in [1.54, 1.807) is 0 Å². The van der Waals surface area contributed by atoms with Crippen molar-refractivity contribution in [3.8, 4) is 17.0 Å². The lowest BCUT2D eigenvalue weighted by molar-refractivity contribution is 0.0652.